The van der Waals surface area contributed by atoms with Gasteiger partial charge in [-0.15, -0.1) is 0 Å². The van der Waals surface area contributed by atoms with E-state index in [0.29, 0.717) is 34.6 Å². The van der Waals surface area contributed by atoms with Crippen LogP contribution in [0.5, 0.6) is 0 Å². The number of anilines is 3. The second-order valence-electron chi connectivity index (χ2n) is 10.7. The summed E-state index contributed by atoms with van der Waals surface area (Å²) >= 11 is 6.76. The van der Waals surface area contributed by atoms with Crippen LogP contribution in [0.1, 0.15) is 31.2 Å². The summed E-state index contributed by atoms with van der Waals surface area (Å²) in [7, 11) is 2.16. The van der Waals surface area contributed by atoms with Crippen LogP contribution >= 0.6 is 11.6 Å². The number of rotatable bonds is 6. The molecule has 4 aromatic rings. The smallest absolute Gasteiger partial charge is 0.260 e. The van der Waals surface area contributed by atoms with Crippen molar-refractivity contribution in [1.29, 1.82) is 0 Å². The number of ether oxygens (including phenoxy) is 1. The molecular weight excluding hydrogens is 524 g/mol. The van der Waals surface area contributed by atoms with Crippen molar-refractivity contribution in [2.24, 2.45) is 0 Å². The molecule has 0 unspecified atom stereocenters. The molecule has 2 saturated heterocycles. The normalized spacial score (nSPS) is 16.9. The molecule has 0 aliphatic carbocycles. The van der Waals surface area contributed by atoms with Gasteiger partial charge in [0.2, 0.25) is 5.95 Å². The number of pyridine rings is 1. The third-order valence-corrected chi connectivity index (χ3v) is 8.42. The number of nitrogens with one attached hydrogen (secondary N) is 1. The minimum atomic E-state index is -0.114. The number of benzene rings is 2. The zero-order valence-electron chi connectivity index (χ0n) is 23.1. The highest BCUT2D eigenvalue weighted by Crippen LogP contribution is 2.34. The van der Waals surface area contributed by atoms with Gasteiger partial charge in [-0.25, -0.2) is 4.98 Å². The number of hydrogen-bond acceptors (Lipinski definition) is 7. The van der Waals surface area contributed by atoms with Crippen molar-refractivity contribution < 1.29 is 4.74 Å². The number of aryl methyl sites for hydroxylation is 1. The molecule has 9 heteroatoms. The van der Waals surface area contributed by atoms with Gasteiger partial charge in [0.1, 0.15) is 5.65 Å². The van der Waals surface area contributed by atoms with Gasteiger partial charge < -0.3 is 19.9 Å². The van der Waals surface area contributed by atoms with Crippen LogP contribution in [0, 0.1) is 0 Å². The molecule has 8 nitrogen and oxygen atoms in total. The first-order valence-electron chi connectivity index (χ1n) is 14.1. The van der Waals surface area contributed by atoms with Crippen LogP contribution in [0.2, 0.25) is 5.02 Å². The quantitative estimate of drug-likeness (QED) is 0.334. The Kier molecular flexibility index (Phi) is 7.74. The Bertz CT molecular complexity index is 1560. The molecule has 208 valence electrons. The van der Waals surface area contributed by atoms with Crippen LogP contribution < -0.4 is 15.8 Å². The van der Waals surface area contributed by atoms with E-state index in [1.165, 1.54) is 11.3 Å². The highest BCUT2D eigenvalue weighted by atomic mass is 35.5. The lowest BCUT2D eigenvalue weighted by Gasteiger charge is -2.34. The van der Waals surface area contributed by atoms with E-state index < -0.39 is 0 Å². The number of nitrogens with zero attached hydrogens (tertiary/aromatic N) is 5. The minimum Gasteiger partial charge on any atom is -0.381 e. The summed E-state index contributed by atoms with van der Waals surface area (Å²) in [5, 5.41) is 4.68. The SMILES string of the molecule is CCn1c(=O)c(-c2ccc(C3CCOCC3)cc2Cl)cc2cnc(Nc3ccc(N4CCN(C)CC4)cc3)nc21. The molecule has 2 aliphatic rings. The van der Waals surface area contributed by atoms with E-state index in [9.17, 15) is 4.79 Å². The Morgan fingerprint density at radius 2 is 1.75 bits per heavy atom. The average Bonchev–Trinajstić information content (AvgIpc) is 2.98. The van der Waals surface area contributed by atoms with Crippen molar-refractivity contribution in [1.82, 2.24) is 19.4 Å². The Morgan fingerprint density at radius 3 is 2.45 bits per heavy atom. The average molecular weight is 559 g/mol. The second kappa shape index (κ2) is 11.6. The summed E-state index contributed by atoms with van der Waals surface area (Å²) < 4.78 is 7.19. The zero-order chi connectivity index (χ0) is 27.6. The maximum atomic E-state index is 13.6. The standard InChI is InChI=1S/C31H35ClN6O2/c1-3-38-29-23(18-27(30(38)39)26-9-4-22(19-28(26)32)21-10-16-40-17-11-21)20-33-31(35-29)34-24-5-7-25(8-6-24)37-14-12-36(2)13-15-37/h4-9,18-21H,3,10-17H2,1-2H3,(H,33,34,35). The van der Waals surface area contributed by atoms with Crippen molar-refractivity contribution in [3.05, 3.63) is 75.7 Å². The molecule has 0 radical (unpaired) electrons. The van der Waals surface area contributed by atoms with Gasteiger partial charge in [0.25, 0.3) is 5.56 Å². The van der Waals surface area contributed by atoms with E-state index in [4.69, 9.17) is 21.3 Å². The zero-order valence-corrected chi connectivity index (χ0v) is 23.8. The largest absolute Gasteiger partial charge is 0.381 e. The first kappa shape index (κ1) is 26.7. The summed E-state index contributed by atoms with van der Waals surface area (Å²) in [5.74, 6) is 0.888. The Balaban J connectivity index is 1.26. The summed E-state index contributed by atoms with van der Waals surface area (Å²) in [6, 6.07) is 16.3. The van der Waals surface area contributed by atoms with Gasteiger partial charge in [-0.2, -0.15) is 4.98 Å². The molecule has 0 atom stereocenters. The van der Waals surface area contributed by atoms with Gasteiger partial charge in [-0.05, 0) is 74.7 Å². The third kappa shape index (κ3) is 5.44. The van der Waals surface area contributed by atoms with Gasteiger partial charge in [0.05, 0.1) is 0 Å². The Labute approximate surface area is 239 Å². The third-order valence-electron chi connectivity index (χ3n) is 8.11. The molecule has 1 N–H and O–H groups in total. The molecule has 4 heterocycles. The van der Waals surface area contributed by atoms with Crippen molar-refractivity contribution in [3.8, 4) is 11.1 Å². The predicted octanol–water partition coefficient (Wildman–Crippen LogP) is 5.52. The number of aromatic nitrogens is 3. The molecule has 6 rings (SSSR count). The highest BCUT2D eigenvalue weighted by Gasteiger charge is 2.20. The number of halogens is 1. The summed E-state index contributed by atoms with van der Waals surface area (Å²) in [6.45, 7) is 8.17. The predicted molar refractivity (Wildman–Crippen MR) is 162 cm³/mol. The van der Waals surface area contributed by atoms with Gasteiger partial charge in [-0.1, -0.05) is 23.7 Å². The molecule has 0 bridgehead atoms. The number of piperazine rings is 1. The van der Waals surface area contributed by atoms with Gasteiger partial charge in [-0.3, -0.25) is 9.36 Å². The fourth-order valence-electron chi connectivity index (χ4n) is 5.69. The van der Waals surface area contributed by atoms with Gasteiger partial charge >= 0.3 is 0 Å². The maximum Gasteiger partial charge on any atom is 0.260 e. The van der Waals surface area contributed by atoms with E-state index in [0.717, 1.165) is 68.9 Å². The van der Waals surface area contributed by atoms with Gasteiger partial charge in [0, 0.05) is 85.0 Å². The fourth-order valence-corrected chi connectivity index (χ4v) is 5.98. The van der Waals surface area contributed by atoms with Crippen molar-refractivity contribution in [2.75, 3.05) is 56.7 Å². The minimum absolute atomic E-state index is 0.114. The van der Waals surface area contributed by atoms with Gasteiger partial charge in [0.15, 0.2) is 0 Å². The monoisotopic (exact) mass is 558 g/mol. The van der Waals surface area contributed by atoms with E-state index in [1.807, 2.05) is 37.3 Å². The fraction of sp³-hybridized carbons (Fsp3) is 0.387. The first-order valence-corrected chi connectivity index (χ1v) is 14.5. The van der Waals surface area contributed by atoms with Crippen LogP contribution in [0.25, 0.3) is 22.2 Å². The molecule has 2 aromatic heterocycles. The number of fused-ring (bicyclic) bond motifs is 1. The van der Waals surface area contributed by atoms with Crippen molar-refractivity contribution in [3.63, 3.8) is 0 Å². The summed E-state index contributed by atoms with van der Waals surface area (Å²) in [4.78, 5) is 27.7. The van der Waals surface area contributed by atoms with E-state index in [1.54, 1.807) is 10.8 Å². The molecule has 0 saturated carbocycles. The molecule has 2 fully saturated rings. The molecule has 40 heavy (non-hydrogen) atoms. The van der Waals surface area contributed by atoms with Crippen LogP contribution in [-0.2, 0) is 11.3 Å². The molecule has 0 amide bonds. The number of likely N-dealkylation sites (N-methyl/N-ethyl adjacent to an activating group) is 1. The Hall–Kier alpha value is -3.46. The second-order valence-corrected chi connectivity index (χ2v) is 11.1. The van der Waals surface area contributed by atoms with E-state index in [-0.39, 0.29) is 5.56 Å². The molecule has 2 aliphatic heterocycles. The maximum absolute atomic E-state index is 13.6. The van der Waals surface area contributed by atoms with E-state index in [2.05, 4.69) is 45.3 Å². The first-order chi connectivity index (χ1) is 19.5. The number of hydrogen-bond donors (Lipinski definition) is 1. The lowest BCUT2D eigenvalue weighted by molar-refractivity contribution is 0.0853. The van der Waals surface area contributed by atoms with Crippen molar-refractivity contribution >= 4 is 40.0 Å². The van der Waals surface area contributed by atoms with E-state index >= 15 is 0 Å². The Morgan fingerprint density at radius 1 is 1.00 bits per heavy atom. The lowest BCUT2D eigenvalue weighted by atomic mass is 9.90. The van der Waals surface area contributed by atoms with Crippen LogP contribution in [0.3, 0.4) is 0 Å². The lowest BCUT2D eigenvalue weighted by Crippen LogP contribution is -2.44. The molecule has 2 aromatic carbocycles. The summed E-state index contributed by atoms with van der Waals surface area (Å²) in [5.41, 5.74) is 5.08. The van der Waals surface area contributed by atoms with Crippen LogP contribution in [-0.4, -0.2) is 65.9 Å². The highest BCUT2D eigenvalue weighted by molar-refractivity contribution is 6.33. The molecular formula is C31H35ClN6O2. The molecule has 0 spiro atoms. The van der Waals surface area contributed by atoms with Crippen LogP contribution in [0.4, 0.5) is 17.3 Å². The van der Waals surface area contributed by atoms with Crippen LogP contribution in [0.15, 0.2) is 59.5 Å². The summed E-state index contributed by atoms with van der Waals surface area (Å²) in [6.07, 6.45) is 3.74. The topological polar surface area (TPSA) is 75.5 Å². The van der Waals surface area contributed by atoms with Crippen molar-refractivity contribution in [2.45, 2.75) is 32.2 Å².